The maximum absolute atomic E-state index is 12.1. The molecule has 1 heterocycles. The van der Waals surface area contributed by atoms with Gasteiger partial charge in [-0.1, -0.05) is 48.0 Å². The third kappa shape index (κ3) is 5.41. The van der Waals surface area contributed by atoms with Crippen LogP contribution in [0.4, 0.5) is 5.69 Å². The van der Waals surface area contributed by atoms with Gasteiger partial charge in [-0.25, -0.2) is 4.99 Å². The number of aryl methyl sites for hydroxylation is 1. The molecule has 0 aromatic heterocycles. The molecule has 3 rings (SSSR count). The number of benzene rings is 2. The Hall–Kier alpha value is -3.68. The molecule has 0 spiro atoms. The molecule has 0 saturated heterocycles. The first-order chi connectivity index (χ1) is 13.5. The number of carbonyl (C=O) groups is 2. The first-order valence-electron chi connectivity index (χ1n) is 8.87. The van der Waals surface area contributed by atoms with Gasteiger partial charge in [-0.05, 0) is 24.6 Å². The van der Waals surface area contributed by atoms with Gasteiger partial charge in [-0.3, -0.25) is 14.9 Å². The normalized spacial score (nSPS) is 16.3. The Morgan fingerprint density at radius 3 is 2.61 bits per heavy atom. The zero-order valence-corrected chi connectivity index (χ0v) is 15.5. The van der Waals surface area contributed by atoms with E-state index >= 15 is 0 Å². The number of nitrogens with two attached hydrogens (primary N) is 1. The van der Waals surface area contributed by atoms with Gasteiger partial charge in [0, 0.05) is 12.2 Å². The number of aliphatic imine (C=N–C) groups is 2. The van der Waals surface area contributed by atoms with Crippen LogP contribution >= 0.6 is 0 Å². The predicted molar refractivity (Wildman–Crippen MR) is 109 cm³/mol. The van der Waals surface area contributed by atoms with Crippen LogP contribution in [0.3, 0.4) is 0 Å². The van der Waals surface area contributed by atoms with E-state index in [4.69, 9.17) is 5.73 Å². The van der Waals surface area contributed by atoms with Crippen molar-refractivity contribution in [1.82, 2.24) is 10.6 Å². The first kappa shape index (κ1) is 19.1. The molecule has 0 bridgehead atoms. The molecule has 8 heteroatoms. The Morgan fingerprint density at radius 2 is 1.89 bits per heavy atom. The van der Waals surface area contributed by atoms with E-state index < -0.39 is 6.04 Å². The SMILES string of the molecule is Cc1ccc(N/C(N)=N/C2=NC(CC(=O)NCc3ccccc3)C(=O)N2)cc1. The summed E-state index contributed by atoms with van der Waals surface area (Å²) in [5.41, 5.74) is 8.74. The highest BCUT2D eigenvalue weighted by Gasteiger charge is 2.28. The molecular formula is C20H22N6O2. The van der Waals surface area contributed by atoms with Gasteiger partial charge < -0.3 is 16.4 Å². The zero-order valence-electron chi connectivity index (χ0n) is 15.5. The minimum Gasteiger partial charge on any atom is -0.369 e. The Labute approximate surface area is 163 Å². The third-order valence-electron chi connectivity index (χ3n) is 4.08. The van der Waals surface area contributed by atoms with Gasteiger partial charge in [0.05, 0.1) is 6.42 Å². The molecular weight excluding hydrogens is 356 g/mol. The number of nitrogens with one attached hydrogen (secondary N) is 3. The van der Waals surface area contributed by atoms with Crippen LogP contribution in [0, 0.1) is 6.92 Å². The fourth-order valence-corrected chi connectivity index (χ4v) is 2.60. The monoisotopic (exact) mass is 378 g/mol. The molecule has 144 valence electrons. The number of rotatable bonds is 5. The fourth-order valence-electron chi connectivity index (χ4n) is 2.60. The van der Waals surface area contributed by atoms with Crippen LogP contribution in [0.2, 0.25) is 0 Å². The minimum atomic E-state index is -0.818. The number of carbonyl (C=O) groups excluding carboxylic acids is 2. The van der Waals surface area contributed by atoms with Gasteiger partial charge in [0.2, 0.25) is 17.8 Å². The third-order valence-corrected chi connectivity index (χ3v) is 4.08. The Morgan fingerprint density at radius 1 is 1.18 bits per heavy atom. The standard InChI is InChI=1S/C20H22N6O2/c1-13-7-9-15(10-8-13)23-19(21)26-20-24-16(18(28)25-20)11-17(27)22-12-14-5-3-2-4-6-14/h2-10,16H,11-12H2,1H3,(H,22,27)(H4,21,23,24,25,26,28). The lowest BCUT2D eigenvalue weighted by Gasteiger charge is -2.06. The van der Waals surface area contributed by atoms with Gasteiger partial charge in [-0.15, -0.1) is 0 Å². The van der Waals surface area contributed by atoms with Crippen molar-refractivity contribution in [3.8, 4) is 0 Å². The van der Waals surface area contributed by atoms with Crippen molar-refractivity contribution in [2.75, 3.05) is 5.32 Å². The summed E-state index contributed by atoms with van der Waals surface area (Å²) in [4.78, 5) is 32.3. The van der Waals surface area contributed by atoms with Crippen LogP contribution in [-0.2, 0) is 16.1 Å². The van der Waals surface area contributed by atoms with Crippen molar-refractivity contribution in [3.05, 3.63) is 65.7 Å². The number of hydrogen-bond acceptors (Lipinski definition) is 4. The molecule has 1 atom stereocenters. The first-order valence-corrected chi connectivity index (χ1v) is 8.87. The van der Waals surface area contributed by atoms with E-state index in [0.717, 1.165) is 16.8 Å². The second kappa shape index (κ2) is 8.81. The molecule has 1 aliphatic rings. The maximum atomic E-state index is 12.1. The summed E-state index contributed by atoms with van der Waals surface area (Å²) >= 11 is 0. The van der Waals surface area contributed by atoms with E-state index in [-0.39, 0.29) is 30.2 Å². The Bertz CT molecular complexity index is 906. The molecule has 0 saturated carbocycles. The van der Waals surface area contributed by atoms with Crippen molar-refractivity contribution in [1.29, 1.82) is 0 Å². The molecule has 0 aliphatic carbocycles. The molecule has 2 aromatic rings. The summed E-state index contributed by atoms with van der Waals surface area (Å²) in [6.07, 6.45) is -0.0526. The van der Waals surface area contributed by atoms with Gasteiger partial charge in [0.15, 0.2) is 0 Å². The van der Waals surface area contributed by atoms with Crippen LogP contribution in [0.15, 0.2) is 64.6 Å². The van der Waals surface area contributed by atoms with Crippen molar-refractivity contribution < 1.29 is 9.59 Å². The molecule has 28 heavy (non-hydrogen) atoms. The molecule has 1 aliphatic heterocycles. The lowest BCUT2D eigenvalue weighted by atomic mass is 10.2. The summed E-state index contributed by atoms with van der Waals surface area (Å²) in [6, 6.07) is 16.3. The molecule has 1 unspecified atom stereocenters. The summed E-state index contributed by atoms with van der Waals surface area (Å²) < 4.78 is 0. The highest BCUT2D eigenvalue weighted by Crippen LogP contribution is 2.09. The fraction of sp³-hybridized carbons (Fsp3) is 0.200. The van der Waals surface area contributed by atoms with E-state index in [1.54, 1.807) is 0 Å². The van der Waals surface area contributed by atoms with Gasteiger partial charge >= 0.3 is 0 Å². The summed E-state index contributed by atoms with van der Waals surface area (Å²) in [6.45, 7) is 2.39. The minimum absolute atomic E-state index is 0.0526. The van der Waals surface area contributed by atoms with Crippen molar-refractivity contribution in [3.63, 3.8) is 0 Å². The molecule has 0 fully saturated rings. The Balaban J connectivity index is 1.54. The van der Waals surface area contributed by atoms with E-state index in [0.29, 0.717) is 6.54 Å². The van der Waals surface area contributed by atoms with E-state index in [9.17, 15) is 9.59 Å². The van der Waals surface area contributed by atoms with Crippen LogP contribution in [0.5, 0.6) is 0 Å². The van der Waals surface area contributed by atoms with E-state index in [1.807, 2.05) is 61.5 Å². The second-order valence-corrected chi connectivity index (χ2v) is 6.41. The van der Waals surface area contributed by atoms with Crippen molar-refractivity contribution in [2.45, 2.75) is 25.9 Å². The number of amides is 2. The molecule has 8 nitrogen and oxygen atoms in total. The lowest BCUT2D eigenvalue weighted by Crippen LogP contribution is -2.33. The summed E-state index contributed by atoms with van der Waals surface area (Å²) in [5.74, 6) is -0.458. The lowest BCUT2D eigenvalue weighted by molar-refractivity contribution is -0.126. The van der Waals surface area contributed by atoms with Crippen LogP contribution < -0.4 is 21.7 Å². The topological polar surface area (TPSA) is 121 Å². The summed E-state index contributed by atoms with van der Waals surface area (Å²) in [7, 11) is 0. The van der Waals surface area contributed by atoms with Gasteiger partial charge in [-0.2, -0.15) is 4.99 Å². The van der Waals surface area contributed by atoms with Crippen LogP contribution in [0.1, 0.15) is 17.5 Å². The summed E-state index contributed by atoms with van der Waals surface area (Å²) in [5, 5.41) is 8.23. The average molecular weight is 378 g/mol. The largest absolute Gasteiger partial charge is 0.369 e. The maximum Gasteiger partial charge on any atom is 0.252 e. The molecule has 5 N–H and O–H groups in total. The number of anilines is 1. The van der Waals surface area contributed by atoms with E-state index in [2.05, 4.69) is 25.9 Å². The van der Waals surface area contributed by atoms with Crippen molar-refractivity contribution in [2.24, 2.45) is 15.7 Å². The van der Waals surface area contributed by atoms with Gasteiger partial charge in [0.1, 0.15) is 6.04 Å². The Kier molecular flexibility index (Phi) is 6.01. The highest BCUT2D eigenvalue weighted by atomic mass is 16.2. The second-order valence-electron chi connectivity index (χ2n) is 6.41. The average Bonchev–Trinajstić information content (AvgIpc) is 3.01. The molecule has 2 aromatic carbocycles. The van der Waals surface area contributed by atoms with E-state index in [1.165, 1.54) is 0 Å². The number of guanidine groups is 2. The predicted octanol–water partition coefficient (Wildman–Crippen LogP) is 1.28. The van der Waals surface area contributed by atoms with Gasteiger partial charge in [0.25, 0.3) is 5.91 Å². The van der Waals surface area contributed by atoms with Crippen LogP contribution in [-0.4, -0.2) is 29.8 Å². The number of hydrogen-bond donors (Lipinski definition) is 4. The number of nitrogens with zero attached hydrogens (tertiary/aromatic N) is 2. The quantitative estimate of drug-likeness (QED) is 0.463. The smallest absolute Gasteiger partial charge is 0.252 e. The van der Waals surface area contributed by atoms with Crippen molar-refractivity contribution >= 4 is 29.4 Å². The molecule has 0 radical (unpaired) electrons. The zero-order chi connectivity index (χ0) is 19.9. The highest BCUT2D eigenvalue weighted by molar-refractivity contribution is 6.11. The molecule has 2 amide bonds. The van der Waals surface area contributed by atoms with Crippen LogP contribution in [0.25, 0.3) is 0 Å².